The number of nitrogens with zero attached hydrogens (tertiary/aromatic N) is 1. The van der Waals surface area contributed by atoms with Crippen LogP contribution in [0, 0.1) is 6.92 Å². The van der Waals surface area contributed by atoms with Crippen LogP contribution in [-0.2, 0) is 24.3 Å². The van der Waals surface area contributed by atoms with Crippen LogP contribution >= 0.6 is 11.6 Å². The quantitative estimate of drug-likeness (QED) is 0.574. The van der Waals surface area contributed by atoms with Crippen LogP contribution in [0.4, 0.5) is 5.69 Å². The van der Waals surface area contributed by atoms with Crippen LogP contribution in [0.3, 0.4) is 0 Å². The number of carbonyl (C=O) groups is 2. The van der Waals surface area contributed by atoms with Gasteiger partial charge in [-0.05, 0) is 61.7 Å². The predicted octanol–water partition coefficient (Wildman–Crippen LogP) is 2.26. The van der Waals surface area contributed by atoms with Gasteiger partial charge >= 0.3 is 0 Å². The second-order valence-corrected chi connectivity index (χ2v) is 9.74. The Morgan fingerprint density at radius 3 is 2.59 bits per heavy atom. The van der Waals surface area contributed by atoms with Crippen molar-refractivity contribution in [3.63, 3.8) is 0 Å². The molecule has 0 saturated carbocycles. The maximum atomic E-state index is 13.0. The van der Waals surface area contributed by atoms with E-state index in [0.29, 0.717) is 23.9 Å². The molecule has 1 heterocycles. The van der Waals surface area contributed by atoms with Crippen molar-refractivity contribution < 1.29 is 22.7 Å². The third kappa shape index (κ3) is 6.77. The monoisotopic (exact) mass is 479 g/mol. The third-order valence-electron chi connectivity index (χ3n) is 5.00. The van der Waals surface area contributed by atoms with E-state index in [9.17, 15) is 18.0 Å². The predicted molar refractivity (Wildman–Crippen MR) is 122 cm³/mol. The van der Waals surface area contributed by atoms with E-state index >= 15 is 0 Å². The molecule has 0 unspecified atom stereocenters. The number of hydrogen-bond donors (Lipinski definition) is 2. The molecule has 2 aromatic carbocycles. The van der Waals surface area contributed by atoms with E-state index in [1.165, 1.54) is 29.2 Å². The molecule has 2 amide bonds. The number of amides is 2. The normalized spacial score (nSPS) is 16.0. The third-order valence-corrected chi connectivity index (χ3v) is 6.67. The molecule has 1 saturated heterocycles. The Morgan fingerprint density at radius 2 is 1.94 bits per heavy atom. The lowest BCUT2D eigenvalue weighted by molar-refractivity contribution is -0.123. The van der Waals surface area contributed by atoms with Gasteiger partial charge in [0.25, 0.3) is 0 Å². The fourth-order valence-electron chi connectivity index (χ4n) is 3.30. The van der Waals surface area contributed by atoms with Gasteiger partial charge in [0.2, 0.25) is 21.8 Å². The van der Waals surface area contributed by atoms with Crippen LogP contribution in [0.1, 0.15) is 18.4 Å². The first-order valence-electron chi connectivity index (χ1n) is 10.3. The van der Waals surface area contributed by atoms with Gasteiger partial charge in [0, 0.05) is 23.9 Å². The van der Waals surface area contributed by atoms with E-state index in [2.05, 4.69) is 10.0 Å². The van der Waals surface area contributed by atoms with Gasteiger partial charge in [0.15, 0.2) is 0 Å². The summed E-state index contributed by atoms with van der Waals surface area (Å²) in [5.41, 5.74) is 1.41. The number of nitrogens with one attached hydrogen (secondary N) is 2. The molecule has 0 spiro atoms. The molecule has 2 N–H and O–H groups in total. The molecule has 32 heavy (non-hydrogen) atoms. The van der Waals surface area contributed by atoms with Crippen LogP contribution in [-0.4, -0.2) is 52.6 Å². The van der Waals surface area contributed by atoms with Crippen molar-refractivity contribution in [2.75, 3.05) is 31.1 Å². The highest BCUT2D eigenvalue weighted by Crippen LogP contribution is 2.17. The summed E-state index contributed by atoms with van der Waals surface area (Å²) in [6, 6.07) is 12.7. The van der Waals surface area contributed by atoms with E-state index < -0.39 is 22.5 Å². The summed E-state index contributed by atoms with van der Waals surface area (Å²) in [6.45, 7) is 2.18. The van der Waals surface area contributed by atoms with Crippen molar-refractivity contribution in [2.24, 2.45) is 0 Å². The van der Waals surface area contributed by atoms with E-state index in [0.717, 1.165) is 18.4 Å². The molecular formula is C22H26ClN3O5S. The standard InChI is InChI=1S/C22H26ClN3O5S/c1-16-4-2-5-18(12-16)26(15-21(27)24-13-19-6-3-11-31-19)22(28)14-25-32(29,30)20-9-7-17(23)8-10-20/h2,4-5,7-10,12,19,25H,3,6,11,13-15H2,1H3,(H,24,27)/t19-/m1/s1. The molecule has 10 heteroatoms. The smallest absolute Gasteiger partial charge is 0.242 e. The van der Waals surface area contributed by atoms with Gasteiger partial charge in [0.1, 0.15) is 6.54 Å². The van der Waals surface area contributed by atoms with Crippen LogP contribution in [0.2, 0.25) is 5.02 Å². The van der Waals surface area contributed by atoms with Crippen molar-refractivity contribution in [1.82, 2.24) is 10.0 Å². The second-order valence-electron chi connectivity index (χ2n) is 7.54. The van der Waals surface area contributed by atoms with Gasteiger partial charge in [-0.2, -0.15) is 0 Å². The first kappa shape index (κ1) is 24.2. The Bertz CT molecular complexity index is 1050. The molecule has 1 aliphatic rings. The number of carbonyl (C=O) groups excluding carboxylic acids is 2. The zero-order valence-corrected chi connectivity index (χ0v) is 19.3. The average Bonchev–Trinajstić information content (AvgIpc) is 3.28. The molecule has 0 aromatic heterocycles. The lowest BCUT2D eigenvalue weighted by Crippen LogP contribution is -2.46. The Hall–Kier alpha value is -2.46. The number of anilines is 1. The second kappa shape index (κ2) is 10.9. The summed E-state index contributed by atoms with van der Waals surface area (Å²) in [5.74, 6) is -0.906. The molecule has 2 aromatic rings. The first-order chi connectivity index (χ1) is 15.2. The number of ether oxygens (including phenoxy) is 1. The van der Waals surface area contributed by atoms with Crippen LogP contribution in [0.5, 0.6) is 0 Å². The Labute approximate surface area is 192 Å². The minimum Gasteiger partial charge on any atom is -0.376 e. The average molecular weight is 480 g/mol. The first-order valence-corrected chi connectivity index (χ1v) is 12.1. The van der Waals surface area contributed by atoms with Crippen molar-refractivity contribution in [3.8, 4) is 0 Å². The molecule has 1 aliphatic heterocycles. The molecule has 1 atom stereocenters. The Morgan fingerprint density at radius 1 is 1.19 bits per heavy atom. The lowest BCUT2D eigenvalue weighted by atomic mass is 10.2. The summed E-state index contributed by atoms with van der Waals surface area (Å²) in [7, 11) is -3.92. The Balaban J connectivity index is 1.68. The van der Waals surface area contributed by atoms with Crippen LogP contribution in [0.25, 0.3) is 0 Å². The maximum absolute atomic E-state index is 13.0. The summed E-state index contributed by atoms with van der Waals surface area (Å²) < 4.78 is 32.8. The Kier molecular flexibility index (Phi) is 8.25. The molecule has 172 valence electrons. The molecule has 0 aliphatic carbocycles. The summed E-state index contributed by atoms with van der Waals surface area (Å²) in [4.78, 5) is 26.7. The van der Waals surface area contributed by atoms with Gasteiger partial charge < -0.3 is 15.0 Å². The summed E-state index contributed by atoms with van der Waals surface area (Å²) >= 11 is 5.81. The largest absolute Gasteiger partial charge is 0.376 e. The van der Waals surface area contributed by atoms with Gasteiger partial charge in [0.05, 0.1) is 17.5 Å². The number of aryl methyl sites for hydroxylation is 1. The van der Waals surface area contributed by atoms with E-state index in [-0.39, 0.29) is 23.5 Å². The maximum Gasteiger partial charge on any atom is 0.242 e. The topological polar surface area (TPSA) is 105 Å². The molecule has 0 radical (unpaired) electrons. The summed E-state index contributed by atoms with van der Waals surface area (Å²) in [6.07, 6.45) is 1.82. The lowest BCUT2D eigenvalue weighted by Gasteiger charge is -2.23. The van der Waals surface area contributed by atoms with E-state index in [1.54, 1.807) is 18.2 Å². The van der Waals surface area contributed by atoms with Gasteiger partial charge in [-0.25, -0.2) is 13.1 Å². The molecule has 8 nitrogen and oxygen atoms in total. The SMILES string of the molecule is Cc1cccc(N(CC(=O)NC[C@H]2CCCO2)C(=O)CNS(=O)(=O)c2ccc(Cl)cc2)c1. The van der Waals surface area contributed by atoms with Crippen LogP contribution < -0.4 is 14.9 Å². The van der Waals surface area contributed by atoms with Crippen molar-refractivity contribution >= 4 is 39.1 Å². The van der Waals surface area contributed by atoms with Gasteiger partial charge in [-0.1, -0.05) is 23.7 Å². The van der Waals surface area contributed by atoms with Crippen molar-refractivity contribution in [3.05, 3.63) is 59.1 Å². The van der Waals surface area contributed by atoms with E-state index in [4.69, 9.17) is 16.3 Å². The zero-order valence-electron chi connectivity index (χ0n) is 17.7. The van der Waals surface area contributed by atoms with Crippen molar-refractivity contribution in [2.45, 2.75) is 30.8 Å². The number of halogens is 1. The number of sulfonamides is 1. The number of benzene rings is 2. The fourth-order valence-corrected chi connectivity index (χ4v) is 4.40. The molecular weight excluding hydrogens is 454 g/mol. The van der Waals surface area contributed by atoms with E-state index in [1.807, 2.05) is 13.0 Å². The summed E-state index contributed by atoms with van der Waals surface area (Å²) in [5, 5.41) is 3.19. The zero-order chi connectivity index (χ0) is 23.1. The minimum atomic E-state index is -3.92. The van der Waals surface area contributed by atoms with Crippen LogP contribution in [0.15, 0.2) is 53.4 Å². The highest BCUT2D eigenvalue weighted by atomic mass is 35.5. The van der Waals surface area contributed by atoms with Gasteiger partial charge in [-0.15, -0.1) is 0 Å². The highest BCUT2D eigenvalue weighted by Gasteiger charge is 2.23. The molecule has 3 rings (SSSR count). The number of rotatable bonds is 9. The van der Waals surface area contributed by atoms with Gasteiger partial charge in [-0.3, -0.25) is 9.59 Å². The fraction of sp³-hybridized carbons (Fsp3) is 0.364. The molecule has 1 fully saturated rings. The highest BCUT2D eigenvalue weighted by molar-refractivity contribution is 7.89. The molecule has 0 bridgehead atoms. The minimum absolute atomic E-state index is 0.00823. The van der Waals surface area contributed by atoms with Crippen molar-refractivity contribution in [1.29, 1.82) is 0 Å². The number of hydrogen-bond acceptors (Lipinski definition) is 5.